The van der Waals surface area contributed by atoms with Gasteiger partial charge in [0.2, 0.25) is 10.8 Å². The average molecular weight is 403 g/mol. The van der Waals surface area contributed by atoms with Crippen LogP contribution in [0.15, 0.2) is 18.2 Å². The molecule has 0 spiro atoms. The monoisotopic (exact) mass is 402 g/mol. The van der Waals surface area contributed by atoms with E-state index in [1.54, 1.807) is 14.2 Å². The van der Waals surface area contributed by atoms with Crippen molar-refractivity contribution >= 4 is 16.3 Å². The highest BCUT2D eigenvalue weighted by Gasteiger charge is 2.32. The van der Waals surface area contributed by atoms with Crippen LogP contribution < -0.4 is 9.47 Å². The number of benzene rings is 1. The van der Waals surface area contributed by atoms with E-state index in [1.165, 1.54) is 22.3 Å². The fraction of sp³-hybridized carbons (Fsp3) is 0.500. The van der Waals surface area contributed by atoms with Crippen LogP contribution in [-0.4, -0.2) is 51.9 Å². The van der Waals surface area contributed by atoms with Gasteiger partial charge in [-0.15, -0.1) is 5.10 Å². The van der Waals surface area contributed by atoms with E-state index in [4.69, 9.17) is 9.47 Å². The van der Waals surface area contributed by atoms with Gasteiger partial charge in [-0.05, 0) is 49.9 Å². The summed E-state index contributed by atoms with van der Waals surface area (Å²) >= 11 is 1.49. The largest absolute Gasteiger partial charge is 0.493 e. The summed E-state index contributed by atoms with van der Waals surface area (Å²) in [5, 5.41) is 15.3. The molecule has 1 fully saturated rings. The molecule has 2 aromatic heterocycles. The third-order valence-corrected chi connectivity index (χ3v) is 6.40. The molecule has 150 valence electrons. The van der Waals surface area contributed by atoms with Crippen molar-refractivity contribution in [3.63, 3.8) is 0 Å². The lowest BCUT2D eigenvalue weighted by molar-refractivity contribution is 0.149. The summed E-state index contributed by atoms with van der Waals surface area (Å²) < 4.78 is 12.5. The van der Waals surface area contributed by atoms with Gasteiger partial charge in [0.05, 0.1) is 25.1 Å². The first-order chi connectivity index (χ1) is 13.5. The molecule has 7 nitrogen and oxygen atoms in total. The van der Waals surface area contributed by atoms with Crippen LogP contribution in [0.5, 0.6) is 17.4 Å². The first-order valence-electron chi connectivity index (χ1n) is 9.52. The molecule has 1 aliphatic rings. The molecular weight excluding hydrogens is 376 g/mol. The van der Waals surface area contributed by atoms with E-state index >= 15 is 0 Å². The molecule has 0 radical (unpaired) electrons. The molecule has 3 aromatic rings. The van der Waals surface area contributed by atoms with Crippen molar-refractivity contribution in [1.29, 1.82) is 0 Å². The predicted molar refractivity (Wildman–Crippen MR) is 109 cm³/mol. The first-order valence-corrected chi connectivity index (χ1v) is 10.3. The SMILES string of the molecule is COc1ccc([C@@H](c2sc3nc(C)nn3c2O)N2CCC[C@@H](C)C2)cc1OC. The molecule has 1 aliphatic heterocycles. The van der Waals surface area contributed by atoms with Crippen molar-refractivity contribution in [2.45, 2.75) is 32.7 Å². The quantitative estimate of drug-likeness (QED) is 0.702. The number of hydrogen-bond acceptors (Lipinski definition) is 7. The van der Waals surface area contributed by atoms with Gasteiger partial charge in [-0.2, -0.15) is 4.52 Å². The second-order valence-electron chi connectivity index (χ2n) is 7.40. The van der Waals surface area contributed by atoms with Crippen molar-refractivity contribution in [3.05, 3.63) is 34.5 Å². The van der Waals surface area contributed by atoms with Crippen LogP contribution >= 0.6 is 11.3 Å². The van der Waals surface area contributed by atoms with Gasteiger partial charge in [-0.25, -0.2) is 4.98 Å². The van der Waals surface area contributed by atoms with Crippen LogP contribution in [0.3, 0.4) is 0 Å². The van der Waals surface area contributed by atoms with Crippen molar-refractivity contribution in [1.82, 2.24) is 19.5 Å². The Hall–Kier alpha value is -2.32. The molecule has 1 N–H and O–H groups in total. The summed E-state index contributed by atoms with van der Waals surface area (Å²) in [4.78, 5) is 8.44. The number of likely N-dealkylation sites (tertiary alicyclic amines) is 1. The summed E-state index contributed by atoms with van der Waals surface area (Å²) in [7, 11) is 3.28. The molecule has 8 heteroatoms. The van der Waals surface area contributed by atoms with Gasteiger partial charge in [-0.1, -0.05) is 24.3 Å². The number of fused-ring (bicyclic) bond motifs is 1. The van der Waals surface area contributed by atoms with Crippen LogP contribution in [0.2, 0.25) is 0 Å². The van der Waals surface area contributed by atoms with Crippen LogP contribution in [0, 0.1) is 12.8 Å². The van der Waals surface area contributed by atoms with Crippen LogP contribution in [0.25, 0.3) is 4.96 Å². The van der Waals surface area contributed by atoms with E-state index in [0.717, 1.165) is 30.0 Å². The number of ether oxygens (including phenoxy) is 2. The normalized spacial score (nSPS) is 19.1. The highest BCUT2D eigenvalue weighted by molar-refractivity contribution is 7.17. The maximum absolute atomic E-state index is 10.9. The highest BCUT2D eigenvalue weighted by Crippen LogP contribution is 2.43. The van der Waals surface area contributed by atoms with Gasteiger partial charge in [-0.3, -0.25) is 4.90 Å². The van der Waals surface area contributed by atoms with Crippen molar-refractivity contribution in [3.8, 4) is 17.4 Å². The van der Waals surface area contributed by atoms with Crippen molar-refractivity contribution in [2.75, 3.05) is 27.3 Å². The van der Waals surface area contributed by atoms with E-state index in [0.29, 0.717) is 28.2 Å². The smallest absolute Gasteiger partial charge is 0.230 e. The number of hydrogen-bond donors (Lipinski definition) is 1. The summed E-state index contributed by atoms with van der Waals surface area (Å²) in [6.45, 7) is 6.07. The van der Waals surface area contributed by atoms with Crippen molar-refractivity contribution < 1.29 is 14.6 Å². The number of thiazole rings is 1. The standard InChI is InChI=1S/C20H26N4O3S/c1-12-6-5-9-23(11-12)17(14-7-8-15(26-3)16(10-14)27-4)18-19(25)24-20(28-18)21-13(2)22-24/h7-8,10,12,17,25H,5-6,9,11H2,1-4H3/t12-,17+/m1/s1. The minimum atomic E-state index is -0.0867. The van der Waals surface area contributed by atoms with Gasteiger partial charge in [0, 0.05) is 6.54 Å². The zero-order valence-corrected chi connectivity index (χ0v) is 17.5. The molecule has 4 rings (SSSR count). The fourth-order valence-electron chi connectivity index (χ4n) is 4.04. The highest BCUT2D eigenvalue weighted by atomic mass is 32.1. The topological polar surface area (TPSA) is 72.1 Å². The Labute approximate surface area is 168 Å². The Balaban J connectivity index is 1.84. The zero-order valence-electron chi connectivity index (χ0n) is 16.7. The zero-order chi connectivity index (χ0) is 19.8. The molecule has 1 aromatic carbocycles. The second-order valence-corrected chi connectivity index (χ2v) is 8.41. The van der Waals surface area contributed by atoms with Crippen LogP contribution in [0.4, 0.5) is 0 Å². The summed E-state index contributed by atoms with van der Waals surface area (Å²) in [5.74, 6) is 2.81. The first kappa shape index (κ1) is 19.0. The number of piperidine rings is 1. The molecule has 0 bridgehead atoms. The lowest BCUT2D eigenvalue weighted by Gasteiger charge is -2.37. The van der Waals surface area contributed by atoms with Crippen LogP contribution in [-0.2, 0) is 0 Å². The number of aromatic nitrogens is 3. The Kier molecular flexibility index (Phi) is 5.16. The summed E-state index contributed by atoms with van der Waals surface area (Å²) in [6, 6.07) is 5.89. The molecule has 0 unspecified atom stereocenters. The van der Waals surface area contributed by atoms with E-state index in [2.05, 4.69) is 21.9 Å². The van der Waals surface area contributed by atoms with Gasteiger partial charge < -0.3 is 14.6 Å². The number of aromatic hydroxyl groups is 1. The lowest BCUT2D eigenvalue weighted by atomic mass is 9.95. The Morgan fingerprint density at radius 3 is 2.71 bits per heavy atom. The molecule has 0 amide bonds. The molecular formula is C20H26N4O3S. The number of methoxy groups -OCH3 is 2. The average Bonchev–Trinajstić information content (AvgIpc) is 3.19. The van der Waals surface area contributed by atoms with Crippen LogP contribution in [0.1, 0.15) is 42.1 Å². The molecule has 3 heterocycles. The lowest BCUT2D eigenvalue weighted by Crippen LogP contribution is -2.37. The van der Waals surface area contributed by atoms with Crippen molar-refractivity contribution in [2.24, 2.45) is 5.92 Å². The molecule has 2 atom stereocenters. The van der Waals surface area contributed by atoms with Gasteiger partial charge in [0.1, 0.15) is 5.82 Å². The Morgan fingerprint density at radius 1 is 1.25 bits per heavy atom. The number of aryl methyl sites for hydroxylation is 1. The van der Waals surface area contributed by atoms with Gasteiger partial charge >= 0.3 is 0 Å². The Morgan fingerprint density at radius 2 is 2.04 bits per heavy atom. The molecule has 0 aliphatic carbocycles. The minimum Gasteiger partial charge on any atom is -0.493 e. The number of rotatable bonds is 5. The maximum Gasteiger partial charge on any atom is 0.230 e. The fourth-order valence-corrected chi connectivity index (χ4v) is 5.20. The second kappa shape index (κ2) is 7.60. The van der Waals surface area contributed by atoms with E-state index in [-0.39, 0.29) is 11.9 Å². The maximum atomic E-state index is 10.9. The van der Waals surface area contributed by atoms with Gasteiger partial charge in [0.25, 0.3) is 0 Å². The molecule has 1 saturated heterocycles. The number of nitrogens with zero attached hydrogens (tertiary/aromatic N) is 4. The van der Waals surface area contributed by atoms with E-state index in [9.17, 15) is 5.11 Å². The third kappa shape index (κ3) is 3.31. The molecule has 28 heavy (non-hydrogen) atoms. The third-order valence-electron chi connectivity index (χ3n) is 5.33. The summed E-state index contributed by atoms with van der Waals surface area (Å²) in [6.07, 6.45) is 2.38. The predicted octanol–water partition coefficient (Wildman–Crippen LogP) is 3.64. The molecule has 0 saturated carbocycles. The summed E-state index contributed by atoms with van der Waals surface area (Å²) in [5.41, 5.74) is 1.06. The van der Waals surface area contributed by atoms with Gasteiger partial charge in [0.15, 0.2) is 11.5 Å². The minimum absolute atomic E-state index is 0.0867. The van der Waals surface area contributed by atoms with E-state index in [1.807, 2.05) is 25.1 Å². The Bertz CT molecular complexity index is 983. The van der Waals surface area contributed by atoms with E-state index < -0.39 is 0 Å².